The van der Waals surface area contributed by atoms with Crippen LogP contribution in [0.2, 0.25) is 0 Å². The van der Waals surface area contributed by atoms with E-state index in [0.29, 0.717) is 18.0 Å². The zero-order valence-corrected chi connectivity index (χ0v) is 16.0. The Labute approximate surface area is 168 Å². The predicted octanol–water partition coefficient (Wildman–Crippen LogP) is 2.65. The molecule has 6 heterocycles. The zero-order valence-electron chi connectivity index (χ0n) is 16.0. The first kappa shape index (κ1) is 17.2. The van der Waals surface area contributed by atoms with Gasteiger partial charge < -0.3 is 14.4 Å². The van der Waals surface area contributed by atoms with Gasteiger partial charge in [-0.25, -0.2) is 4.39 Å². The Balaban J connectivity index is 1.38. The van der Waals surface area contributed by atoms with Gasteiger partial charge in [0.1, 0.15) is 5.82 Å². The van der Waals surface area contributed by atoms with E-state index in [1.54, 1.807) is 0 Å². The molecule has 0 unspecified atom stereocenters. The minimum absolute atomic E-state index is 0.121. The minimum Gasteiger partial charge on any atom is -0.454 e. The molecule has 4 saturated heterocycles. The lowest BCUT2D eigenvalue weighted by molar-refractivity contribution is -0.00344. The first-order valence-electron chi connectivity index (χ1n) is 10.2. The number of nitrogens with zero attached hydrogens (tertiary/aromatic N) is 3. The topological polar surface area (TPSA) is 54.9 Å². The van der Waals surface area contributed by atoms with Crippen LogP contribution in [0, 0.1) is 11.7 Å². The number of likely N-dealkylation sites (tertiary alicyclic amines) is 1. The van der Waals surface area contributed by atoms with Crippen LogP contribution in [0.5, 0.6) is 11.5 Å². The molecule has 29 heavy (non-hydrogen) atoms. The van der Waals surface area contributed by atoms with Crippen LogP contribution in [0.1, 0.15) is 34.7 Å². The summed E-state index contributed by atoms with van der Waals surface area (Å²) in [4.78, 5) is 21.7. The number of fused-ring (bicyclic) bond motifs is 3. The molecule has 150 valence electrons. The van der Waals surface area contributed by atoms with Gasteiger partial charge in [0.25, 0.3) is 5.91 Å². The summed E-state index contributed by atoms with van der Waals surface area (Å²) in [7, 11) is 0. The van der Waals surface area contributed by atoms with Gasteiger partial charge in [-0.3, -0.25) is 14.7 Å². The number of aromatic nitrogens is 1. The number of hydrogen-bond acceptors (Lipinski definition) is 5. The van der Waals surface area contributed by atoms with Crippen LogP contribution in [0.15, 0.2) is 36.7 Å². The average molecular weight is 395 g/mol. The van der Waals surface area contributed by atoms with E-state index in [2.05, 4.69) is 22.0 Å². The summed E-state index contributed by atoms with van der Waals surface area (Å²) in [5.41, 5.74) is 1.50. The molecule has 6 nitrogen and oxygen atoms in total. The number of ether oxygens (including phenoxy) is 2. The quantitative estimate of drug-likeness (QED) is 0.783. The minimum atomic E-state index is -0.479. The third-order valence-electron chi connectivity index (χ3n) is 7.03. The van der Waals surface area contributed by atoms with E-state index in [-0.39, 0.29) is 30.7 Å². The number of carbonyl (C=O) groups is 1. The first-order chi connectivity index (χ1) is 14.2. The number of hydrogen-bond donors (Lipinski definition) is 0. The zero-order chi connectivity index (χ0) is 19.5. The molecule has 2 bridgehead atoms. The molecule has 1 amide bonds. The van der Waals surface area contributed by atoms with Crippen molar-refractivity contribution in [2.24, 2.45) is 5.92 Å². The monoisotopic (exact) mass is 395 g/mol. The van der Waals surface area contributed by atoms with Crippen LogP contribution < -0.4 is 9.47 Å². The summed E-state index contributed by atoms with van der Waals surface area (Å²) in [5.74, 6) is 1.64. The summed E-state index contributed by atoms with van der Waals surface area (Å²) in [6.07, 6.45) is 4.82. The maximum atomic E-state index is 13.7. The van der Waals surface area contributed by atoms with E-state index in [4.69, 9.17) is 9.47 Å². The van der Waals surface area contributed by atoms with E-state index in [0.717, 1.165) is 43.6 Å². The number of rotatable bonds is 2. The molecule has 2 aromatic rings. The lowest BCUT2D eigenvalue weighted by Crippen LogP contribution is -2.60. The van der Waals surface area contributed by atoms with Crippen molar-refractivity contribution in [2.75, 3.05) is 26.4 Å². The smallest absolute Gasteiger partial charge is 0.255 e. The lowest BCUT2D eigenvalue weighted by atomic mass is 9.75. The van der Waals surface area contributed by atoms with Crippen molar-refractivity contribution >= 4 is 5.91 Å². The van der Waals surface area contributed by atoms with Crippen LogP contribution >= 0.6 is 0 Å². The largest absolute Gasteiger partial charge is 0.454 e. The van der Waals surface area contributed by atoms with Gasteiger partial charge in [-0.1, -0.05) is 6.07 Å². The number of benzene rings is 1. The fourth-order valence-electron chi connectivity index (χ4n) is 5.79. The van der Waals surface area contributed by atoms with Crippen molar-refractivity contribution < 1.29 is 18.7 Å². The maximum absolute atomic E-state index is 13.7. The number of amides is 1. The number of carbonyl (C=O) groups excluding carboxylic acids is 1. The Hall–Kier alpha value is -2.67. The molecule has 0 spiro atoms. The summed E-state index contributed by atoms with van der Waals surface area (Å²) in [6.45, 7) is 3.03. The van der Waals surface area contributed by atoms with E-state index < -0.39 is 5.82 Å². The van der Waals surface area contributed by atoms with Gasteiger partial charge in [-0.15, -0.1) is 0 Å². The fraction of sp³-hybridized carbons (Fsp3) is 0.455. The summed E-state index contributed by atoms with van der Waals surface area (Å²) in [6, 6.07) is 7.85. The molecule has 5 aliphatic rings. The maximum Gasteiger partial charge on any atom is 0.255 e. The predicted molar refractivity (Wildman–Crippen MR) is 102 cm³/mol. The Morgan fingerprint density at radius 1 is 1.07 bits per heavy atom. The summed E-state index contributed by atoms with van der Waals surface area (Å²) < 4.78 is 24.7. The first-order valence-corrected chi connectivity index (χ1v) is 10.2. The Morgan fingerprint density at radius 3 is 2.72 bits per heavy atom. The Morgan fingerprint density at radius 2 is 1.90 bits per heavy atom. The van der Waals surface area contributed by atoms with Crippen molar-refractivity contribution in [3.63, 3.8) is 0 Å². The van der Waals surface area contributed by atoms with Gasteiger partial charge in [-0.05, 0) is 55.6 Å². The summed E-state index contributed by atoms with van der Waals surface area (Å²) >= 11 is 0. The molecule has 0 N–H and O–H groups in total. The van der Waals surface area contributed by atoms with Crippen molar-refractivity contribution in [3.8, 4) is 11.5 Å². The van der Waals surface area contributed by atoms with Crippen molar-refractivity contribution in [3.05, 3.63) is 53.6 Å². The molecule has 4 fully saturated rings. The van der Waals surface area contributed by atoms with Crippen molar-refractivity contribution in [2.45, 2.75) is 30.8 Å². The molecule has 7 heteroatoms. The van der Waals surface area contributed by atoms with E-state index in [1.165, 1.54) is 17.8 Å². The molecular weight excluding hydrogens is 373 g/mol. The lowest BCUT2D eigenvalue weighted by Gasteiger charge is -2.51. The van der Waals surface area contributed by atoms with Crippen LogP contribution in [0.4, 0.5) is 4.39 Å². The normalized spacial score (nSPS) is 31.8. The van der Waals surface area contributed by atoms with Gasteiger partial charge in [0, 0.05) is 24.7 Å². The average Bonchev–Trinajstić information content (AvgIpc) is 3.39. The molecular formula is C22H22FN3O3. The number of piperidine rings is 3. The van der Waals surface area contributed by atoms with Gasteiger partial charge in [0.05, 0.1) is 17.8 Å². The standard InChI is InChI=1S/C22H22FN3O3/c23-16-7-15(9-24-10-16)22(27)26-11-17(14-1-2-18-19(8-14)29-12-28-18)21-20(26)13-3-5-25(21)6-4-13/h1-2,7-10,13,17,20-21H,3-6,11-12H2/t17-,20+,21+/m0/s1. The third kappa shape index (κ3) is 2.64. The Bertz CT molecular complexity index is 976. The highest BCUT2D eigenvalue weighted by molar-refractivity contribution is 5.94. The van der Waals surface area contributed by atoms with Crippen LogP contribution in [-0.4, -0.2) is 59.2 Å². The molecule has 0 radical (unpaired) electrons. The second-order valence-electron chi connectivity index (χ2n) is 8.42. The molecule has 1 aromatic carbocycles. The van der Waals surface area contributed by atoms with Crippen LogP contribution in [0.3, 0.4) is 0 Å². The van der Waals surface area contributed by atoms with Crippen LogP contribution in [0.25, 0.3) is 0 Å². The van der Waals surface area contributed by atoms with Gasteiger partial charge in [0.15, 0.2) is 11.5 Å². The van der Waals surface area contributed by atoms with E-state index in [1.807, 2.05) is 11.0 Å². The molecule has 0 saturated carbocycles. The third-order valence-corrected chi connectivity index (χ3v) is 7.03. The SMILES string of the molecule is O=C(c1cncc(F)c1)N1C[C@@H](c2ccc3c(c2)OCO3)[C@@H]2[C@H]1C1CCN2CC1. The molecule has 3 atom stereocenters. The van der Waals surface area contributed by atoms with Gasteiger partial charge >= 0.3 is 0 Å². The molecule has 1 aromatic heterocycles. The highest BCUT2D eigenvalue weighted by Gasteiger charge is 2.54. The second kappa shape index (κ2) is 6.42. The highest BCUT2D eigenvalue weighted by Crippen LogP contribution is 2.48. The van der Waals surface area contributed by atoms with E-state index >= 15 is 0 Å². The van der Waals surface area contributed by atoms with Gasteiger partial charge in [-0.2, -0.15) is 0 Å². The molecule has 0 aliphatic carbocycles. The number of halogens is 1. The van der Waals surface area contributed by atoms with Crippen molar-refractivity contribution in [1.29, 1.82) is 0 Å². The second-order valence-corrected chi connectivity index (χ2v) is 8.42. The number of pyridine rings is 1. The van der Waals surface area contributed by atoms with Crippen molar-refractivity contribution in [1.82, 2.24) is 14.8 Å². The van der Waals surface area contributed by atoms with Gasteiger partial charge in [0.2, 0.25) is 6.79 Å². The molecule has 7 rings (SSSR count). The highest BCUT2D eigenvalue weighted by atomic mass is 19.1. The molecule has 5 aliphatic heterocycles. The fourth-order valence-corrected chi connectivity index (χ4v) is 5.79. The van der Waals surface area contributed by atoms with Crippen LogP contribution in [-0.2, 0) is 0 Å². The van der Waals surface area contributed by atoms with E-state index in [9.17, 15) is 9.18 Å². The Kier molecular flexibility index (Phi) is 3.81. The summed E-state index contributed by atoms with van der Waals surface area (Å²) in [5, 5.41) is 0.